The van der Waals surface area contributed by atoms with Gasteiger partial charge >= 0.3 is 0 Å². The molecule has 0 aliphatic rings. The number of aryl methyl sites for hydroxylation is 2. The molecule has 1 N–H and O–H groups in total. The van der Waals surface area contributed by atoms with Crippen LogP contribution in [0.1, 0.15) is 24.9 Å². The monoisotopic (exact) mass is 229 g/mol. The summed E-state index contributed by atoms with van der Waals surface area (Å²) in [7, 11) is 0. The number of hydrogen-bond acceptors (Lipinski definition) is 3. The summed E-state index contributed by atoms with van der Waals surface area (Å²) in [5.41, 5.74) is 2.77. The lowest BCUT2D eigenvalue weighted by Gasteiger charge is -2.04. The summed E-state index contributed by atoms with van der Waals surface area (Å²) < 4.78 is 0. The number of carbonyl (C=O) groups is 1. The minimum atomic E-state index is 0.163. The molecule has 0 saturated heterocycles. The number of H-pyrrole nitrogens is 1. The van der Waals surface area contributed by atoms with Crippen LogP contribution < -0.4 is 0 Å². The molecular weight excluding hydrogens is 214 g/mol. The molecule has 2 aromatic heterocycles. The number of ketones is 1. The van der Waals surface area contributed by atoms with Gasteiger partial charge in [-0.25, -0.2) is 9.97 Å². The van der Waals surface area contributed by atoms with Crippen molar-refractivity contribution in [2.75, 3.05) is 0 Å². The van der Waals surface area contributed by atoms with Gasteiger partial charge in [0, 0.05) is 24.7 Å². The van der Waals surface area contributed by atoms with Crippen molar-refractivity contribution in [3.05, 3.63) is 35.9 Å². The molecule has 0 spiro atoms. The largest absolute Gasteiger partial charge is 0.360 e. The fourth-order valence-electron chi connectivity index (χ4n) is 1.66. The number of rotatable bonds is 4. The Morgan fingerprint density at radius 2 is 2.24 bits per heavy atom. The van der Waals surface area contributed by atoms with Crippen LogP contribution in [0.3, 0.4) is 0 Å². The molecule has 0 aromatic carbocycles. The van der Waals surface area contributed by atoms with Gasteiger partial charge in [0.05, 0.1) is 11.4 Å². The van der Waals surface area contributed by atoms with Crippen molar-refractivity contribution in [2.24, 2.45) is 0 Å². The summed E-state index contributed by atoms with van der Waals surface area (Å²) in [5, 5.41) is 0. The minimum absolute atomic E-state index is 0.163. The second-order valence-corrected chi connectivity index (χ2v) is 4.10. The highest BCUT2D eigenvalue weighted by Crippen LogP contribution is 2.15. The second-order valence-electron chi connectivity index (χ2n) is 4.10. The van der Waals surface area contributed by atoms with E-state index in [4.69, 9.17) is 0 Å². The zero-order valence-electron chi connectivity index (χ0n) is 10.0. The summed E-state index contributed by atoms with van der Waals surface area (Å²) in [6.07, 6.45) is 2.96. The third-order valence-corrected chi connectivity index (χ3v) is 2.48. The van der Waals surface area contributed by atoms with Gasteiger partial charge in [0.1, 0.15) is 11.6 Å². The van der Waals surface area contributed by atoms with Gasteiger partial charge in [-0.05, 0) is 32.0 Å². The third-order valence-electron chi connectivity index (χ3n) is 2.48. The van der Waals surface area contributed by atoms with E-state index in [0.717, 1.165) is 22.9 Å². The van der Waals surface area contributed by atoms with Crippen molar-refractivity contribution in [3.8, 4) is 11.4 Å². The van der Waals surface area contributed by atoms with Crippen molar-refractivity contribution < 1.29 is 4.79 Å². The molecule has 0 atom stereocenters. The Kier molecular flexibility index (Phi) is 3.32. The van der Waals surface area contributed by atoms with Gasteiger partial charge < -0.3 is 9.78 Å². The van der Waals surface area contributed by atoms with Gasteiger partial charge in [0.25, 0.3) is 0 Å². The normalized spacial score (nSPS) is 10.5. The van der Waals surface area contributed by atoms with Gasteiger partial charge in [-0.1, -0.05) is 0 Å². The maximum absolute atomic E-state index is 11.0. The number of Topliss-reactive ketones (excluding diaryl/α,β-unsaturated/α-hetero) is 1. The summed E-state index contributed by atoms with van der Waals surface area (Å²) in [6, 6.07) is 5.83. The molecule has 0 aliphatic carbocycles. The molecule has 2 aromatic rings. The molecule has 0 saturated carbocycles. The van der Waals surface area contributed by atoms with E-state index in [9.17, 15) is 4.79 Å². The van der Waals surface area contributed by atoms with Gasteiger partial charge in [-0.2, -0.15) is 0 Å². The fourth-order valence-corrected chi connectivity index (χ4v) is 1.66. The maximum atomic E-state index is 11.0. The molecule has 0 amide bonds. The van der Waals surface area contributed by atoms with E-state index < -0.39 is 0 Å². The highest BCUT2D eigenvalue weighted by Gasteiger charge is 2.06. The minimum Gasteiger partial charge on any atom is -0.360 e. The van der Waals surface area contributed by atoms with E-state index in [-0.39, 0.29) is 5.78 Å². The molecule has 0 bridgehead atoms. The van der Waals surface area contributed by atoms with Crippen LogP contribution in [0.15, 0.2) is 24.4 Å². The zero-order valence-corrected chi connectivity index (χ0v) is 10.0. The van der Waals surface area contributed by atoms with Crippen LogP contribution in [0.4, 0.5) is 0 Å². The third kappa shape index (κ3) is 3.00. The molecule has 0 fully saturated rings. The molecular formula is C13H15N3O. The average molecular weight is 229 g/mol. The fraction of sp³-hybridized carbons (Fsp3) is 0.308. The average Bonchev–Trinajstić information content (AvgIpc) is 2.79. The number of aromatic nitrogens is 3. The van der Waals surface area contributed by atoms with Crippen LogP contribution in [0.5, 0.6) is 0 Å². The van der Waals surface area contributed by atoms with E-state index in [2.05, 4.69) is 15.0 Å². The number of nitrogens with one attached hydrogen (secondary N) is 1. The maximum Gasteiger partial charge on any atom is 0.130 e. The molecule has 2 heterocycles. The van der Waals surface area contributed by atoms with Gasteiger partial charge in [0.2, 0.25) is 0 Å². The van der Waals surface area contributed by atoms with Crippen LogP contribution in [0.25, 0.3) is 11.4 Å². The number of carbonyl (C=O) groups excluding carboxylic acids is 1. The van der Waals surface area contributed by atoms with Crippen LogP contribution in [0.2, 0.25) is 0 Å². The van der Waals surface area contributed by atoms with Crippen molar-refractivity contribution >= 4 is 5.78 Å². The topological polar surface area (TPSA) is 58.6 Å². The van der Waals surface area contributed by atoms with Crippen molar-refractivity contribution in [3.63, 3.8) is 0 Å². The Balaban J connectivity index is 2.26. The Morgan fingerprint density at radius 3 is 2.88 bits per heavy atom. The quantitative estimate of drug-likeness (QED) is 0.875. The van der Waals surface area contributed by atoms with Gasteiger partial charge in [-0.3, -0.25) is 0 Å². The Hall–Kier alpha value is -1.97. The molecule has 4 heteroatoms. The first-order valence-electron chi connectivity index (χ1n) is 5.63. The van der Waals surface area contributed by atoms with Crippen molar-refractivity contribution in [1.29, 1.82) is 0 Å². The standard InChI is InChI=1S/C13H15N3O/c1-9-8-12(11-4-3-7-14-11)16-13(15-9)6-5-10(2)17/h3-4,7-8,14H,5-6H2,1-2H3. The summed E-state index contributed by atoms with van der Waals surface area (Å²) in [6.45, 7) is 3.52. The predicted octanol–water partition coefficient (Wildman–Crippen LogP) is 2.30. The van der Waals surface area contributed by atoms with Gasteiger partial charge in [-0.15, -0.1) is 0 Å². The SMILES string of the molecule is CC(=O)CCc1nc(C)cc(-c2ccc[nH]2)n1. The summed E-state index contributed by atoms with van der Waals surface area (Å²) in [5.74, 6) is 0.890. The molecule has 4 nitrogen and oxygen atoms in total. The molecule has 17 heavy (non-hydrogen) atoms. The summed E-state index contributed by atoms with van der Waals surface area (Å²) in [4.78, 5) is 22.9. The lowest BCUT2D eigenvalue weighted by Crippen LogP contribution is -2.02. The number of hydrogen-bond donors (Lipinski definition) is 1. The Labute approximate surface area is 100 Å². The van der Waals surface area contributed by atoms with E-state index in [1.54, 1.807) is 6.92 Å². The predicted molar refractivity (Wildman–Crippen MR) is 65.6 cm³/mol. The van der Waals surface area contributed by atoms with Crippen molar-refractivity contribution in [1.82, 2.24) is 15.0 Å². The van der Waals surface area contributed by atoms with Crippen LogP contribution in [-0.2, 0) is 11.2 Å². The Bertz CT molecular complexity index is 517. The highest BCUT2D eigenvalue weighted by atomic mass is 16.1. The number of nitrogens with zero attached hydrogens (tertiary/aromatic N) is 2. The lowest BCUT2D eigenvalue weighted by molar-refractivity contribution is -0.117. The first kappa shape index (κ1) is 11.5. The first-order valence-corrected chi connectivity index (χ1v) is 5.63. The molecule has 88 valence electrons. The molecule has 0 aliphatic heterocycles. The molecule has 0 unspecified atom stereocenters. The second kappa shape index (κ2) is 4.91. The highest BCUT2D eigenvalue weighted by molar-refractivity contribution is 5.75. The smallest absolute Gasteiger partial charge is 0.130 e. The molecule has 0 radical (unpaired) electrons. The number of aromatic amines is 1. The molecule has 2 rings (SSSR count). The van der Waals surface area contributed by atoms with E-state index in [1.807, 2.05) is 31.3 Å². The first-order chi connectivity index (χ1) is 8.15. The van der Waals surface area contributed by atoms with Crippen molar-refractivity contribution in [2.45, 2.75) is 26.7 Å². The zero-order chi connectivity index (χ0) is 12.3. The van der Waals surface area contributed by atoms with Crippen LogP contribution >= 0.6 is 0 Å². The summed E-state index contributed by atoms with van der Waals surface area (Å²) >= 11 is 0. The Morgan fingerprint density at radius 1 is 1.41 bits per heavy atom. The lowest BCUT2D eigenvalue weighted by atomic mass is 10.2. The van der Waals surface area contributed by atoms with Crippen LogP contribution in [0, 0.1) is 6.92 Å². The van der Waals surface area contributed by atoms with Gasteiger partial charge in [0.15, 0.2) is 0 Å². The van der Waals surface area contributed by atoms with E-state index in [0.29, 0.717) is 12.8 Å². The van der Waals surface area contributed by atoms with E-state index >= 15 is 0 Å². The van der Waals surface area contributed by atoms with E-state index in [1.165, 1.54) is 0 Å². The van der Waals surface area contributed by atoms with Crippen LogP contribution in [-0.4, -0.2) is 20.7 Å².